The second kappa shape index (κ2) is 8.82. The maximum Gasteiger partial charge on any atom is 0.261 e. The van der Waals surface area contributed by atoms with Gasteiger partial charge >= 0.3 is 0 Å². The standard InChI is InChI=1S/C19H21N3O6S/c1-2-8-20-18(23)11-21-19(24)13-4-3-5-15(9-13)29(25,26)22-14-6-7-16-17(10-14)28-12-27-16/h3-7,9-10,22H,2,8,11-12H2,1H3,(H,20,23)(H,21,24). The molecule has 10 heteroatoms. The summed E-state index contributed by atoms with van der Waals surface area (Å²) in [5, 5.41) is 5.11. The number of carbonyl (C=O) groups is 2. The van der Waals surface area contributed by atoms with Gasteiger partial charge in [-0.05, 0) is 36.8 Å². The van der Waals surface area contributed by atoms with Crippen LogP contribution >= 0.6 is 0 Å². The first-order valence-corrected chi connectivity index (χ1v) is 10.4. The number of hydrogen-bond donors (Lipinski definition) is 3. The highest BCUT2D eigenvalue weighted by molar-refractivity contribution is 7.92. The average molecular weight is 419 g/mol. The van der Waals surface area contributed by atoms with Crippen molar-refractivity contribution < 1.29 is 27.5 Å². The molecular formula is C19H21N3O6S. The van der Waals surface area contributed by atoms with Crippen LogP contribution in [0.1, 0.15) is 23.7 Å². The van der Waals surface area contributed by atoms with Crippen LogP contribution in [0.3, 0.4) is 0 Å². The fourth-order valence-corrected chi connectivity index (χ4v) is 3.66. The maximum atomic E-state index is 12.7. The third kappa shape index (κ3) is 5.17. The van der Waals surface area contributed by atoms with Crippen molar-refractivity contribution in [2.75, 3.05) is 24.6 Å². The minimum absolute atomic E-state index is 0.0825. The highest BCUT2D eigenvalue weighted by atomic mass is 32.2. The zero-order chi connectivity index (χ0) is 20.9. The summed E-state index contributed by atoms with van der Waals surface area (Å²) in [6.45, 7) is 2.33. The van der Waals surface area contributed by atoms with E-state index in [1.807, 2.05) is 6.92 Å². The lowest BCUT2D eigenvalue weighted by Gasteiger charge is -2.10. The van der Waals surface area contributed by atoms with Crippen molar-refractivity contribution in [1.82, 2.24) is 10.6 Å². The quantitative estimate of drug-likeness (QED) is 0.596. The van der Waals surface area contributed by atoms with Crippen LogP contribution in [0.25, 0.3) is 0 Å². The monoisotopic (exact) mass is 419 g/mol. The fraction of sp³-hybridized carbons (Fsp3) is 0.263. The molecule has 0 bridgehead atoms. The SMILES string of the molecule is CCCNC(=O)CNC(=O)c1cccc(S(=O)(=O)Nc2ccc3c(c2)OCO3)c1. The Balaban J connectivity index is 1.69. The molecule has 0 saturated heterocycles. The topological polar surface area (TPSA) is 123 Å². The lowest BCUT2D eigenvalue weighted by Crippen LogP contribution is -2.37. The summed E-state index contributed by atoms with van der Waals surface area (Å²) in [5.74, 6) is 0.125. The fourth-order valence-electron chi connectivity index (χ4n) is 2.57. The van der Waals surface area contributed by atoms with E-state index in [-0.39, 0.29) is 29.7 Å². The molecule has 1 aliphatic rings. The third-order valence-corrected chi connectivity index (χ3v) is 5.39. The van der Waals surface area contributed by atoms with Crippen LogP contribution in [0.2, 0.25) is 0 Å². The summed E-state index contributed by atoms with van der Waals surface area (Å²) in [7, 11) is -3.94. The van der Waals surface area contributed by atoms with Crippen molar-refractivity contribution in [3.8, 4) is 11.5 Å². The van der Waals surface area contributed by atoms with Crippen molar-refractivity contribution >= 4 is 27.5 Å². The molecular weight excluding hydrogens is 398 g/mol. The molecule has 0 spiro atoms. The first-order valence-electron chi connectivity index (χ1n) is 8.96. The number of benzene rings is 2. The first kappa shape index (κ1) is 20.5. The van der Waals surface area contributed by atoms with Crippen molar-refractivity contribution in [2.24, 2.45) is 0 Å². The Hall–Kier alpha value is -3.27. The van der Waals surface area contributed by atoms with E-state index in [4.69, 9.17) is 9.47 Å². The Morgan fingerprint density at radius 3 is 2.62 bits per heavy atom. The normalized spacial score (nSPS) is 12.3. The Labute approximate surface area is 168 Å². The van der Waals surface area contributed by atoms with E-state index in [0.717, 1.165) is 6.42 Å². The second-order valence-corrected chi connectivity index (χ2v) is 7.92. The predicted octanol–water partition coefficient (Wildman–Crippen LogP) is 1.47. The molecule has 3 N–H and O–H groups in total. The number of hydrogen-bond acceptors (Lipinski definition) is 6. The van der Waals surface area contributed by atoms with Gasteiger partial charge in [-0.2, -0.15) is 0 Å². The van der Waals surface area contributed by atoms with Crippen molar-refractivity contribution in [1.29, 1.82) is 0 Å². The van der Waals surface area contributed by atoms with E-state index in [9.17, 15) is 18.0 Å². The van der Waals surface area contributed by atoms with Crippen LogP contribution < -0.4 is 24.8 Å². The van der Waals surface area contributed by atoms with E-state index in [1.165, 1.54) is 30.3 Å². The minimum Gasteiger partial charge on any atom is -0.454 e. The maximum absolute atomic E-state index is 12.7. The number of sulfonamides is 1. The van der Waals surface area contributed by atoms with Gasteiger partial charge in [0.15, 0.2) is 11.5 Å². The summed E-state index contributed by atoms with van der Waals surface area (Å²) >= 11 is 0. The molecule has 154 valence electrons. The molecule has 0 atom stereocenters. The van der Waals surface area contributed by atoms with Crippen LogP contribution in [-0.4, -0.2) is 40.1 Å². The molecule has 0 aliphatic carbocycles. The average Bonchev–Trinajstić information content (AvgIpc) is 3.18. The van der Waals surface area contributed by atoms with Crippen molar-refractivity contribution in [2.45, 2.75) is 18.2 Å². The molecule has 0 radical (unpaired) electrons. The van der Waals surface area contributed by atoms with Gasteiger partial charge in [0.2, 0.25) is 12.7 Å². The lowest BCUT2D eigenvalue weighted by atomic mass is 10.2. The molecule has 2 amide bonds. The Bertz CT molecular complexity index is 1020. The molecule has 9 nitrogen and oxygen atoms in total. The number of carbonyl (C=O) groups excluding carboxylic acids is 2. The van der Waals surface area contributed by atoms with Gasteiger partial charge in [0.1, 0.15) is 0 Å². The predicted molar refractivity (Wildman–Crippen MR) is 105 cm³/mol. The van der Waals surface area contributed by atoms with Crippen LogP contribution in [0.4, 0.5) is 5.69 Å². The van der Waals surface area contributed by atoms with Gasteiger partial charge in [-0.15, -0.1) is 0 Å². The van der Waals surface area contributed by atoms with E-state index in [2.05, 4.69) is 15.4 Å². The van der Waals surface area contributed by atoms with Crippen molar-refractivity contribution in [3.05, 3.63) is 48.0 Å². The highest BCUT2D eigenvalue weighted by Crippen LogP contribution is 2.34. The summed E-state index contributed by atoms with van der Waals surface area (Å²) in [5.41, 5.74) is 0.429. The molecule has 1 heterocycles. The Morgan fingerprint density at radius 1 is 1.03 bits per heavy atom. The van der Waals surface area contributed by atoms with Crippen LogP contribution in [0.15, 0.2) is 47.4 Å². The Morgan fingerprint density at radius 2 is 1.83 bits per heavy atom. The molecule has 0 aromatic heterocycles. The van der Waals surface area contributed by atoms with E-state index >= 15 is 0 Å². The number of fused-ring (bicyclic) bond motifs is 1. The largest absolute Gasteiger partial charge is 0.454 e. The van der Waals surface area contributed by atoms with Gasteiger partial charge < -0.3 is 20.1 Å². The van der Waals surface area contributed by atoms with Gasteiger partial charge in [-0.1, -0.05) is 13.0 Å². The van der Waals surface area contributed by atoms with Gasteiger partial charge in [0.05, 0.1) is 17.1 Å². The highest BCUT2D eigenvalue weighted by Gasteiger charge is 2.19. The first-order chi connectivity index (χ1) is 13.9. The Kier molecular flexibility index (Phi) is 6.23. The van der Waals surface area contributed by atoms with Gasteiger partial charge in [0, 0.05) is 18.2 Å². The molecule has 1 aliphatic heterocycles. The summed E-state index contributed by atoms with van der Waals surface area (Å²) < 4.78 is 38.2. The smallest absolute Gasteiger partial charge is 0.261 e. The van der Waals surface area contributed by atoms with Crippen LogP contribution in [0.5, 0.6) is 11.5 Å². The number of amides is 2. The van der Waals surface area contributed by atoms with E-state index in [0.29, 0.717) is 23.7 Å². The number of anilines is 1. The minimum atomic E-state index is -3.94. The number of rotatable bonds is 8. The second-order valence-electron chi connectivity index (χ2n) is 6.23. The van der Waals surface area contributed by atoms with Gasteiger partial charge in [0.25, 0.3) is 15.9 Å². The molecule has 3 rings (SSSR count). The zero-order valence-electron chi connectivity index (χ0n) is 15.7. The van der Waals surface area contributed by atoms with Crippen LogP contribution in [0, 0.1) is 0 Å². The molecule has 0 saturated carbocycles. The number of nitrogens with one attached hydrogen (secondary N) is 3. The zero-order valence-corrected chi connectivity index (χ0v) is 16.5. The van der Waals surface area contributed by atoms with E-state index < -0.39 is 15.9 Å². The lowest BCUT2D eigenvalue weighted by molar-refractivity contribution is -0.120. The van der Waals surface area contributed by atoms with Crippen LogP contribution in [-0.2, 0) is 14.8 Å². The third-order valence-electron chi connectivity index (χ3n) is 4.01. The molecule has 2 aromatic rings. The van der Waals surface area contributed by atoms with Gasteiger partial charge in [-0.3, -0.25) is 14.3 Å². The summed E-state index contributed by atoms with van der Waals surface area (Å²) in [6, 6.07) is 10.2. The van der Waals surface area contributed by atoms with Crippen molar-refractivity contribution in [3.63, 3.8) is 0 Å². The molecule has 0 unspecified atom stereocenters. The molecule has 29 heavy (non-hydrogen) atoms. The summed E-state index contributed by atoms with van der Waals surface area (Å²) in [6.07, 6.45) is 0.788. The van der Waals surface area contributed by atoms with E-state index in [1.54, 1.807) is 12.1 Å². The summed E-state index contributed by atoms with van der Waals surface area (Å²) in [4.78, 5) is 23.8. The number of ether oxygens (including phenoxy) is 2. The van der Waals surface area contributed by atoms with Gasteiger partial charge in [-0.25, -0.2) is 8.42 Å². The molecule has 0 fully saturated rings. The molecule has 2 aromatic carbocycles.